The predicted octanol–water partition coefficient (Wildman–Crippen LogP) is 2.99. The van der Waals surface area contributed by atoms with E-state index in [2.05, 4.69) is 22.5 Å². The molecule has 2 N–H and O–H groups in total. The first kappa shape index (κ1) is 20.5. The Morgan fingerprint density at radius 1 is 1.00 bits per heavy atom. The highest BCUT2D eigenvalue weighted by atomic mass is 32.2. The van der Waals surface area contributed by atoms with Gasteiger partial charge in [-0.1, -0.05) is 44.4 Å². The highest BCUT2D eigenvalue weighted by Crippen LogP contribution is 2.10. The van der Waals surface area contributed by atoms with Crippen LogP contribution in [0.3, 0.4) is 0 Å². The van der Waals surface area contributed by atoms with Crippen LogP contribution in [-0.4, -0.2) is 39.8 Å². The number of aliphatic imine (C=N–C) groups is 1. The van der Waals surface area contributed by atoms with Crippen LogP contribution in [0.5, 0.6) is 0 Å². The second-order valence-corrected chi connectivity index (χ2v) is 7.84. The third-order valence-corrected chi connectivity index (χ3v) is 5.43. The highest BCUT2D eigenvalue weighted by Gasteiger charge is 2.12. The number of hydrogen-bond acceptors (Lipinski definition) is 3. The maximum absolute atomic E-state index is 12.2. The summed E-state index contributed by atoms with van der Waals surface area (Å²) in [5, 5.41) is 6.49. The van der Waals surface area contributed by atoms with E-state index in [1.165, 1.54) is 19.3 Å². The molecule has 0 unspecified atom stereocenters. The molecule has 0 bridgehead atoms. The van der Waals surface area contributed by atoms with Crippen molar-refractivity contribution in [3.8, 4) is 0 Å². The SMILES string of the molecule is CCCCCCNC(=NCCCS(=O)(=O)c1ccccc1)NCC. The molecule has 1 aromatic rings. The summed E-state index contributed by atoms with van der Waals surface area (Å²) in [5.74, 6) is 0.891. The fourth-order valence-corrected chi connectivity index (χ4v) is 3.61. The van der Waals surface area contributed by atoms with Gasteiger partial charge >= 0.3 is 0 Å². The minimum Gasteiger partial charge on any atom is -0.357 e. The second kappa shape index (κ2) is 11.9. The molecule has 0 amide bonds. The van der Waals surface area contributed by atoms with Gasteiger partial charge in [0, 0.05) is 19.6 Å². The molecule has 0 fully saturated rings. The van der Waals surface area contributed by atoms with Crippen molar-refractivity contribution >= 4 is 15.8 Å². The van der Waals surface area contributed by atoms with Gasteiger partial charge in [0.2, 0.25) is 0 Å². The second-order valence-electron chi connectivity index (χ2n) is 5.73. The third-order valence-electron chi connectivity index (χ3n) is 3.61. The minimum absolute atomic E-state index is 0.121. The van der Waals surface area contributed by atoms with Gasteiger partial charge in [0.1, 0.15) is 0 Å². The molecule has 0 saturated carbocycles. The van der Waals surface area contributed by atoms with Crippen LogP contribution in [0.25, 0.3) is 0 Å². The van der Waals surface area contributed by atoms with Crippen molar-refractivity contribution < 1.29 is 8.42 Å². The standard InChI is InChI=1S/C18H31N3O2S/c1-3-5-6-10-14-20-18(19-4-2)21-15-11-16-24(22,23)17-12-8-7-9-13-17/h7-9,12-13H,3-6,10-11,14-16H2,1-2H3,(H2,19,20,21). The Morgan fingerprint density at radius 3 is 2.42 bits per heavy atom. The van der Waals surface area contributed by atoms with E-state index in [4.69, 9.17) is 0 Å². The molecular formula is C18H31N3O2S. The van der Waals surface area contributed by atoms with Crippen LogP contribution in [0.2, 0.25) is 0 Å². The molecule has 0 spiro atoms. The predicted molar refractivity (Wildman–Crippen MR) is 101 cm³/mol. The van der Waals surface area contributed by atoms with Crippen LogP contribution in [0.1, 0.15) is 46.0 Å². The Morgan fingerprint density at radius 2 is 1.75 bits per heavy atom. The average Bonchev–Trinajstić information content (AvgIpc) is 2.59. The van der Waals surface area contributed by atoms with Gasteiger partial charge in [-0.05, 0) is 31.9 Å². The lowest BCUT2D eigenvalue weighted by atomic mass is 10.2. The van der Waals surface area contributed by atoms with Gasteiger partial charge in [-0.2, -0.15) is 0 Å². The first-order chi connectivity index (χ1) is 11.6. The number of hydrogen-bond donors (Lipinski definition) is 2. The van der Waals surface area contributed by atoms with Crippen LogP contribution in [0, 0.1) is 0 Å². The molecule has 0 atom stereocenters. The van der Waals surface area contributed by atoms with Gasteiger partial charge in [0.15, 0.2) is 15.8 Å². The summed E-state index contributed by atoms with van der Waals surface area (Å²) < 4.78 is 24.4. The first-order valence-electron chi connectivity index (χ1n) is 8.90. The van der Waals surface area contributed by atoms with E-state index < -0.39 is 9.84 Å². The lowest BCUT2D eigenvalue weighted by molar-refractivity contribution is 0.593. The van der Waals surface area contributed by atoms with Gasteiger partial charge in [-0.25, -0.2) is 8.42 Å². The molecule has 0 saturated heterocycles. The Labute approximate surface area is 146 Å². The van der Waals surface area contributed by atoms with Crippen LogP contribution < -0.4 is 10.6 Å². The summed E-state index contributed by atoms with van der Waals surface area (Å²) in [6.07, 6.45) is 5.35. The van der Waals surface area contributed by atoms with Crippen molar-refractivity contribution in [1.82, 2.24) is 10.6 Å². The molecule has 5 nitrogen and oxygen atoms in total. The molecule has 0 aromatic heterocycles. The summed E-state index contributed by atoms with van der Waals surface area (Å²) in [5.41, 5.74) is 0. The van der Waals surface area contributed by atoms with Crippen molar-refractivity contribution in [3.05, 3.63) is 30.3 Å². The number of unbranched alkanes of at least 4 members (excludes halogenated alkanes) is 3. The van der Waals surface area contributed by atoms with E-state index in [0.717, 1.165) is 25.5 Å². The Hall–Kier alpha value is -1.56. The number of benzene rings is 1. The molecule has 136 valence electrons. The van der Waals surface area contributed by atoms with E-state index >= 15 is 0 Å². The van der Waals surface area contributed by atoms with E-state index in [0.29, 0.717) is 17.9 Å². The maximum atomic E-state index is 12.2. The Kier molecular flexibility index (Phi) is 10.2. The lowest BCUT2D eigenvalue weighted by Crippen LogP contribution is -2.37. The van der Waals surface area contributed by atoms with Gasteiger partial charge < -0.3 is 10.6 Å². The van der Waals surface area contributed by atoms with Crippen molar-refractivity contribution in [3.63, 3.8) is 0 Å². The average molecular weight is 354 g/mol. The number of nitrogens with zero attached hydrogens (tertiary/aromatic N) is 1. The van der Waals surface area contributed by atoms with Crippen LogP contribution in [0.4, 0.5) is 0 Å². The maximum Gasteiger partial charge on any atom is 0.191 e. The molecule has 0 aliphatic heterocycles. The zero-order valence-electron chi connectivity index (χ0n) is 14.9. The molecule has 1 aromatic carbocycles. The van der Waals surface area contributed by atoms with Crippen molar-refractivity contribution in [2.24, 2.45) is 4.99 Å². The molecule has 0 aliphatic carbocycles. The quantitative estimate of drug-likeness (QED) is 0.364. The summed E-state index contributed by atoms with van der Waals surface area (Å²) in [4.78, 5) is 4.84. The number of rotatable bonds is 11. The molecule has 24 heavy (non-hydrogen) atoms. The molecular weight excluding hydrogens is 322 g/mol. The van der Waals surface area contributed by atoms with Crippen molar-refractivity contribution in [2.75, 3.05) is 25.4 Å². The van der Waals surface area contributed by atoms with Crippen molar-refractivity contribution in [1.29, 1.82) is 0 Å². The normalized spacial score (nSPS) is 12.2. The van der Waals surface area contributed by atoms with E-state index in [1.807, 2.05) is 13.0 Å². The first-order valence-corrected chi connectivity index (χ1v) is 10.6. The molecule has 0 radical (unpaired) electrons. The molecule has 0 aliphatic rings. The lowest BCUT2D eigenvalue weighted by Gasteiger charge is -2.11. The molecule has 0 heterocycles. The van der Waals surface area contributed by atoms with Crippen LogP contribution in [-0.2, 0) is 9.84 Å². The van der Waals surface area contributed by atoms with E-state index in [-0.39, 0.29) is 5.75 Å². The van der Waals surface area contributed by atoms with E-state index in [1.54, 1.807) is 24.3 Å². The summed E-state index contributed by atoms with van der Waals surface area (Å²) >= 11 is 0. The summed E-state index contributed by atoms with van der Waals surface area (Å²) in [6.45, 7) is 6.41. The Bertz CT molecular complexity index is 571. The van der Waals surface area contributed by atoms with Gasteiger partial charge in [-0.15, -0.1) is 0 Å². The van der Waals surface area contributed by atoms with Gasteiger partial charge in [0.05, 0.1) is 10.6 Å². The fourth-order valence-electron chi connectivity index (χ4n) is 2.29. The largest absolute Gasteiger partial charge is 0.357 e. The third kappa shape index (κ3) is 8.34. The number of sulfone groups is 1. The van der Waals surface area contributed by atoms with Gasteiger partial charge in [0.25, 0.3) is 0 Å². The monoisotopic (exact) mass is 353 g/mol. The number of guanidine groups is 1. The Balaban J connectivity index is 2.38. The van der Waals surface area contributed by atoms with Gasteiger partial charge in [-0.3, -0.25) is 4.99 Å². The number of nitrogens with one attached hydrogen (secondary N) is 2. The zero-order chi connectivity index (χ0) is 17.7. The van der Waals surface area contributed by atoms with Crippen LogP contribution in [0.15, 0.2) is 40.2 Å². The summed E-state index contributed by atoms with van der Waals surface area (Å²) in [6, 6.07) is 8.59. The summed E-state index contributed by atoms with van der Waals surface area (Å²) in [7, 11) is -3.21. The zero-order valence-corrected chi connectivity index (χ0v) is 15.7. The smallest absolute Gasteiger partial charge is 0.191 e. The van der Waals surface area contributed by atoms with Crippen LogP contribution >= 0.6 is 0 Å². The topological polar surface area (TPSA) is 70.6 Å². The molecule has 6 heteroatoms. The van der Waals surface area contributed by atoms with Crippen molar-refractivity contribution in [2.45, 2.75) is 50.8 Å². The molecule has 1 rings (SSSR count). The van der Waals surface area contributed by atoms with E-state index in [9.17, 15) is 8.42 Å². The minimum atomic E-state index is -3.21. The fraction of sp³-hybridized carbons (Fsp3) is 0.611. The highest BCUT2D eigenvalue weighted by molar-refractivity contribution is 7.91.